The predicted octanol–water partition coefficient (Wildman–Crippen LogP) is 4.33. The number of carbonyl (C=O) groups is 1. The Bertz CT molecular complexity index is 665. The van der Waals surface area contributed by atoms with Crippen LogP contribution in [0.1, 0.15) is 52.4 Å². The summed E-state index contributed by atoms with van der Waals surface area (Å²) >= 11 is 3.36. The average molecular weight is 447 g/mol. The number of benzene rings is 1. The molecule has 0 saturated carbocycles. The quantitative estimate of drug-likeness (QED) is 0.519. The standard InChI is InChI=1S/C19H31BrN2O3S/c1-4-6-9-16(5-2)15-21-19(23)12-8-13-22(26(3,24)25)18-11-7-10-17(20)14-18/h7,10-11,14,16H,4-6,8-9,12-13,15H2,1-3H3,(H,21,23). The van der Waals surface area contributed by atoms with Gasteiger partial charge in [-0.2, -0.15) is 0 Å². The first kappa shape index (κ1) is 23.0. The van der Waals surface area contributed by atoms with Crippen molar-refractivity contribution in [3.05, 3.63) is 28.7 Å². The van der Waals surface area contributed by atoms with Crippen LogP contribution in [-0.4, -0.2) is 33.7 Å². The Morgan fingerprint density at radius 2 is 2.00 bits per heavy atom. The van der Waals surface area contributed by atoms with Crippen molar-refractivity contribution in [3.63, 3.8) is 0 Å². The van der Waals surface area contributed by atoms with E-state index in [1.54, 1.807) is 18.2 Å². The second kappa shape index (κ2) is 11.6. The van der Waals surface area contributed by atoms with Crippen molar-refractivity contribution < 1.29 is 13.2 Å². The van der Waals surface area contributed by atoms with Gasteiger partial charge in [-0.05, 0) is 37.0 Å². The number of carbonyl (C=O) groups excluding carboxylic acids is 1. The molecule has 0 radical (unpaired) electrons. The van der Waals surface area contributed by atoms with E-state index < -0.39 is 10.0 Å². The SMILES string of the molecule is CCCCC(CC)CNC(=O)CCCN(c1cccc(Br)c1)S(C)(=O)=O. The number of nitrogens with one attached hydrogen (secondary N) is 1. The van der Waals surface area contributed by atoms with Gasteiger partial charge in [0.15, 0.2) is 0 Å². The fourth-order valence-corrected chi connectivity index (χ4v) is 4.14. The molecule has 0 fully saturated rings. The molecule has 0 aromatic heterocycles. The first-order chi connectivity index (χ1) is 12.3. The van der Waals surface area contributed by atoms with E-state index in [-0.39, 0.29) is 12.5 Å². The van der Waals surface area contributed by atoms with Crippen LogP contribution in [0.3, 0.4) is 0 Å². The minimum absolute atomic E-state index is 0.0114. The predicted molar refractivity (Wildman–Crippen MR) is 112 cm³/mol. The fourth-order valence-electron chi connectivity index (χ4n) is 2.79. The molecule has 1 rings (SSSR count). The molecule has 1 amide bonds. The van der Waals surface area contributed by atoms with Crippen LogP contribution >= 0.6 is 15.9 Å². The Morgan fingerprint density at radius 3 is 2.58 bits per heavy atom. The first-order valence-electron chi connectivity index (χ1n) is 9.27. The molecular weight excluding hydrogens is 416 g/mol. The summed E-state index contributed by atoms with van der Waals surface area (Å²) in [5.41, 5.74) is 0.605. The molecular formula is C19H31BrN2O3S. The molecule has 0 bridgehead atoms. The van der Waals surface area contributed by atoms with Gasteiger partial charge in [-0.3, -0.25) is 9.10 Å². The van der Waals surface area contributed by atoms with E-state index in [0.29, 0.717) is 31.0 Å². The van der Waals surface area contributed by atoms with E-state index in [1.807, 2.05) is 6.07 Å². The average Bonchev–Trinajstić information content (AvgIpc) is 2.57. The van der Waals surface area contributed by atoms with Crippen LogP contribution in [0, 0.1) is 5.92 Å². The highest BCUT2D eigenvalue weighted by Crippen LogP contribution is 2.22. The van der Waals surface area contributed by atoms with Crippen LogP contribution in [0.15, 0.2) is 28.7 Å². The Hall–Kier alpha value is -1.08. The second-order valence-electron chi connectivity index (χ2n) is 6.64. The van der Waals surface area contributed by atoms with E-state index in [0.717, 1.165) is 17.3 Å². The maximum atomic E-state index is 12.1. The molecule has 5 nitrogen and oxygen atoms in total. The van der Waals surface area contributed by atoms with E-state index in [9.17, 15) is 13.2 Å². The highest BCUT2D eigenvalue weighted by molar-refractivity contribution is 9.10. The van der Waals surface area contributed by atoms with Gasteiger partial charge in [0.05, 0.1) is 11.9 Å². The molecule has 0 saturated heterocycles. The lowest BCUT2D eigenvalue weighted by atomic mass is 9.99. The lowest BCUT2D eigenvalue weighted by Gasteiger charge is -2.22. The second-order valence-corrected chi connectivity index (χ2v) is 9.46. The van der Waals surface area contributed by atoms with Gasteiger partial charge in [0.1, 0.15) is 0 Å². The van der Waals surface area contributed by atoms with Gasteiger partial charge in [0.2, 0.25) is 15.9 Å². The van der Waals surface area contributed by atoms with Crippen molar-refractivity contribution >= 4 is 37.5 Å². The highest BCUT2D eigenvalue weighted by atomic mass is 79.9. The molecule has 7 heteroatoms. The van der Waals surface area contributed by atoms with E-state index in [4.69, 9.17) is 0 Å². The summed E-state index contributed by atoms with van der Waals surface area (Å²) in [5, 5.41) is 2.99. The Morgan fingerprint density at radius 1 is 1.27 bits per heavy atom. The van der Waals surface area contributed by atoms with E-state index in [1.165, 1.54) is 23.4 Å². The number of anilines is 1. The van der Waals surface area contributed by atoms with Gasteiger partial charge >= 0.3 is 0 Å². The number of hydrogen-bond acceptors (Lipinski definition) is 3. The Balaban J connectivity index is 2.51. The zero-order valence-electron chi connectivity index (χ0n) is 16.0. The zero-order chi connectivity index (χ0) is 19.6. The van der Waals surface area contributed by atoms with E-state index in [2.05, 4.69) is 35.1 Å². The maximum Gasteiger partial charge on any atom is 0.232 e. The molecule has 0 aliphatic carbocycles. The third-order valence-corrected chi connectivity index (χ3v) is 6.08. The topological polar surface area (TPSA) is 66.5 Å². The molecule has 0 aliphatic rings. The molecule has 1 atom stereocenters. The normalized spacial score (nSPS) is 12.6. The number of unbranched alkanes of at least 4 members (excludes halogenated alkanes) is 1. The van der Waals surface area contributed by atoms with Crippen molar-refractivity contribution in [2.75, 3.05) is 23.7 Å². The van der Waals surface area contributed by atoms with Crippen LogP contribution < -0.4 is 9.62 Å². The number of halogens is 1. The monoisotopic (exact) mass is 446 g/mol. The highest BCUT2D eigenvalue weighted by Gasteiger charge is 2.18. The minimum atomic E-state index is -3.39. The van der Waals surface area contributed by atoms with Gasteiger partial charge < -0.3 is 5.32 Å². The molecule has 1 unspecified atom stereocenters. The van der Waals surface area contributed by atoms with Crippen LogP contribution in [0.2, 0.25) is 0 Å². The van der Waals surface area contributed by atoms with E-state index >= 15 is 0 Å². The summed E-state index contributed by atoms with van der Waals surface area (Å²) in [5.74, 6) is 0.510. The Kier molecular flexibility index (Phi) is 10.2. The van der Waals surface area contributed by atoms with Gasteiger partial charge in [-0.25, -0.2) is 8.42 Å². The fraction of sp³-hybridized carbons (Fsp3) is 0.632. The number of nitrogens with zero attached hydrogens (tertiary/aromatic N) is 1. The van der Waals surface area contributed by atoms with Gasteiger partial charge in [-0.15, -0.1) is 0 Å². The summed E-state index contributed by atoms with van der Waals surface area (Å²) < 4.78 is 26.3. The molecule has 26 heavy (non-hydrogen) atoms. The Labute approximate surface area is 166 Å². The molecule has 1 N–H and O–H groups in total. The number of amides is 1. The molecule has 148 valence electrons. The van der Waals surface area contributed by atoms with Crippen molar-refractivity contribution in [2.45, 2.75) is 52.4 Å². The molecule has 1 aromatic rings. The van der Waals surface area contributed by atoms with Crippen LogP contribution in [0.5, 0.6) is 0 Å². The third-order valence-electron chi connectivity index (χ3n) is 4.39. The van der Waals surface area contributed by atoms with Gasteiger partial charge in [-0.1, -0.05) is 55.1 Å². The summed E-state index contributed by atoms with van der Waals surface area (Å²) in [6, 6.07) is 7.16. The number of rotatable bonds is 12. The first-order valence-corrected chi connectivity index (χ1v) is 11.9. The van der Waals surface area contributed by atoms with Crippen molar-refractivity contribution in [1.82, 2.24) is 5.32 Å². The van der Waals surface area contributed by atoms with Crippen molar-refractivity contribution in [2.24, 2.45) is 5.92 Å². The zero-order valence-corrected chi connectivity index (χ0v) is 18.4. The lowest BCUT2D eigenvalue weighted by molar-refractivity contribution is -0.121. The minimum Gasteiger partial charge on any atom is -0.356 e. The molecule has 0 spiro atoms. The third kappa shape index (κ3) is 8.54. The molecule has 0 aliphatic heterocycles. The number of hydrogen-bond donors (Lipinski definition) is 1. The largest absolute Gasteiger partial charge is 0.356 e. The summed E-state index contributed by atoms with van der Waals surface area (Å²) in [6.45, 7) is 5.31. The summed E-state index contributed by atoms with van der Waals surface area (Å²) in [6.07, 6.45) is 6.55. The lowest BCUT2D eigenvalue weighted by Crippen LogP contribution is -2.33. The molecule has 0 heterocycles. The van der Waals surface area contributed by atoms with Crippen molar-refractivity contribution in [1.29, 1.82) is 0 Å². The van der Waals surface area contributed by atoms with Crippen LogP contribution in [-0.2, 0) is 14.8 Å². The molecule has 1 aromatic carbocycles. The number of sulfonamides is 1. The van der Waals surface area contributed by atoms with Gasteiger partial charge in [0, 0.05) is 24.0 Å². The van der Waals surface area contributed by atoms with Crippen LogP contribution in [0.25, 0.3) is 0 Å². The smallest absolute Gasteiger partial charge is 0.232 e. The van der Waals surface area contributed by atoms with Crippen LogP contribution in [0.4, 0.5) is 5.69 Å². The summed E-state index contributed by atoms with van der Waals surface area (Å²) in [7, 11) is -3.39. The summed E-state index contributed by atoms with van der Waals surface area (Å²) in [4.78, 5) is 12.1. The van der Waals surface area contributed by atoms with Gasteiger partial charge in [0.25, 0.3) is 0 Å². The maximum absolute atomic E-state index is 12.1. The van der Waals surface area contributed by atoms with Crippen molar-refractivity contribution in [3.8, 4) is 0 Å².